The summed E-state index contributed by atoms with van der Waals surface area (Å²) in [5.74, 6) is 1.94. The highest BCUT2D eigenvalue weighted by Crippen LogP contribution is 2.23. The molecule has 1 N–H and O–H groups in total. The molecule has 0 fully saturated rings. The topological polar surface area (TPSA) is 69.0 Å². The molecule has 0 aliphatic heterocycles. The van der Waals surface area contributed by atoms with Gasteiger partial charge < -0.3 is 5.11 Å². The first kappa shape index (κ1) is 25.2. The second-order valence-corrected chi connectivity index (χ2v) is 8.24. The van der Waals surface area contributed by atoms with E-state index in [4.69, 9.17) is 5.53 Å². The monoisotopic (exact) mass is 423 g/mol. The van der Waals surface area contributed by atoms with Crippen LogP contribution in [0.5, 0.6) is 0 Å². The molecule has 4 nitrogen and oxygen atoms in total. The first-order valence-electron chi connectivity index (χ1n) is 10.7. The van der Waals surface area contributed by atoms with Crippen molar-refractivity contribution in [2.75, 3.05) is 24.7 Å². The number of thiol groups is 2. The number of aliphatic hydroxyl groups is 1. The fourth-order valence-electron chi connectivity index (χ4n) is 3.62. The lowest BCUT2D eigenvalue weighted by Crippen LogP contribution is -2.05. The third-order valence-corrected chi connectivity index (χ3v) is 5.79. The molecular formula is C22H37N3OS2. The average molecular weight is 424 g/mol. The second kappa shape index (κ2) is 17.1. The van der Waals surface area contributed by atoms with Gasteiger partial charge in [-0.3, -0.25) is 0 Å². The Labute approximate surface area is 182 Å². The number of hydrogen-bond donors (Lipinski definition) is 3. The summed E-state index contributed by atoms with van der Waals surface area (Å²) >= 11 is 8.59. The van der Waals surface area contributed by atoms with E-state index in [1.54, 1.807) is 0 Å². The smallest absolute Gasteiger partial charge is 0.0471 e. The predicted octanol–water partition coefficient (Wildman–Crippen LogP) is 6.14. The normalized spacial score (nSPS) is 10.8. The molecule has 158 valence electrons. The maximum atomic E-state index is 9.48. The Kier molecular flexibility index (Phi) is 15.4. The van der Waals surface area contributed by atoms with Crippen LogP contribution >= 0.6 is 25.3 Å². The third-order valence-electron chi connectivity index (χ3n) is 5.16. The number of nitrogens with zero attached hydrogens (tertiary/aromatic N) is 3. The van der Waals surface area contributed by atoms with E-state index in [-0.39, 0.29) is 6.61 Å². The molecule has 0 aromatic heterocycles. The highest BCUT2D eigenvalue weighted by molar-refractivity contribution is 7.80. The Morgan fingerprint density at radius 3 is 1.64 bits per heavy atom. The van der Waals surface area contributed by atoms with Crippen LogP contribution in [-0.2, 0) is 25.7 Å². The molecular weight excluding hydrogens is 386 g/mol. The Balaban J connectivity index is 2.88. The molecule has 0 aliphatic rings. The van der Waals surface area contributed by atoms with Crippen LogP contribution in [0.15, 0.2) is 17.2 Å². The first-order chi connectivity index (χ1) is 13.8. The minimum atomic E-state index is 0.152. The van der Waals surface area contributed by atoms with Gasteiger partial charge in [0.1, 0.15) is 0 Å². The molecule has 0 saturated carbocycles. The minimum absolute atomic E-state index is 0.152. The molecule has 0 radical (unpaired) electrons. The van der Waals surface area contributed by atoms with E-state index < -0.39 is 0 Å². The van der Waals surface area contributed by atoms with Gasteiger partial charge in [0.2, 0.25) is 0 Å². The fourth-order valence-corrected chi connectivity index (χ4v) is 4.07. The van der Waals surface area contributed by atoms with Crippen molar-refractivity contribution in [3.63, 3.8) is 0 Å². The maximum absolute atomic E-state index is 9.48. The number of aryl methyl sites for hydroxylation is 2. The van der Waals surface area contributed by atoms with Crippen molar-refractivity contribution < 1.29 is 5.11 Å². The molecule has 1 aromatic carbocycles. The number of unbranched alkanes of at least 4 members (excludes halogenated alkanes) is 6. The SMILES string of the molecule is [N-]=[N+]=NCCc1cc(CCCCCCS)c(CCCCCCS)cc1CCO. The Morgan fingerprint density at radius 2 is 1.18 bits per heavy atom. The van der Waals surface area contributed by atoms with Crippen LogP contribution in [-0.4, -0.2) is 29.8 Å². The maximum Gasteiger partial charge on any atom is 0.0471 e. The van der Waals surface area contributed by atoms with Crippen molar-refractivity contribution >= 4 is 25.3 Å². The van der Waals surface area contributed by atoms with Crippen molar-refractivity contribution in [1.82, 2.24) is 0 Å². The summed E-state index contributed by atoms with van der Waals surface area (Å²) in [5, 5.41) is 13.2. The Morgan fingerprint density at radius 1 is 0.714 bits per heavy atom. The van der Waals surface area contributed by atoms with E-state index in [1.807, 2.05) is 0 Å². The average Bonchev–Trinajstić information content (AvgIpc) is 2.70. The summed E-state index contributed by atoms with van der Waals surface area (Å²) < 4.78 is 0. The van der Waals surface area contributed by atoms with E-state index in [9.17, 15) is 5.11 Å². The molecule has 0 heterocycles. The summed E-state index contributed by atoms with van der Waals surface area (Å²) in [6, 6.07) is 4.63. The summed E-state index contributed by atoms with van der Waals surface area (Å²) in [5.41, 5.74) is 13.9. The highest BCUT2D eigenvalue weighted by Gasteiger charge is 2.10. The van der Waals surface area contributed by atoms with Crippen molar-refractivity contribution in [3.05, 3.63) is 44.8 Å². The van der Waals surface area contributed by atoms with Crippen molar-refractivity contribution in [2.24, 2.45) is 5.11 Å². The number of benzene rings is 1. The number of rotatable bonds is 17. The summed E-state index contributed by atoms with van der Waals surface area (Å²) in [6.45, 7) is 0.623. The zero-order chi connectivity index (χ0) is 20.5. The van der Waals surface area contributed by atoms with Crippen LogP contribution in [0.25, 0.3) is 10.4 Å². The lowest BCUT2D eigenvalue weighted by molar-refractivity contribution is 0.299. The van der Waals surface area contributed by atoms with Crippen LogP contribution in [0.4, 0.5) is 0 Å². The molecule has 1 aromatic rings. The summed E-state index contributed by atoms with van der Waals surface area (Å²) in [4.78, 5) is 2.87. The summed E-state index contributed by atoms with van der Waals surface area (Å²) in [6.07, 6.45) is 13.4. The quantitative estimate of drug-likeness (QED) is 0.0910. The molecule has 6 heteroatoms. The van der Waals surface area contributed by atoms with Gasteiger partial charge in [-0.2, -0.15) is 25.3 Å². The van der Waals surface area contributed by atoms with Gasteiger partial charge in [0.15, 0.2) is 0 Å². The molecule has 0 amide bonds. The van der Waals surface area contributed by atoms with Gasteiger partial charge >= 0.3 is 0 Å². The van der Waals surface area contributed by atoms with E-state index in [2.05, 4.69) is 47.4 Å². The second-order valence-electron chi connectivity index (χ2n) is 7.34. The Hall–Kier alpha value is -0.810. The fraction of sp³-hybridized carbons (Fsp3) is 0.727. The number of aliphatic hydroxyl groups excluding tert-OH is 1. The van der Waals surface area contributed by atoms with Gasteiger partial charge in [-0.15, -0.1) is 0 Å². The van der Waals surface area contributed by atoms with Gasteiger partial charge in [0.25, 0.3) is 0 Å². The lowest BCUT2D eigenvalue weighted by Gasteiger charge is -2.16. The largest absolute Gasteiger partial charge is 0.396 e. The van der Waals surface area contributed by atoms with Gasteiger partial charge in [-0.1, -0.05) is 42.9 Å². The van der Waals surface area contributed by atoms with E-state index >= 15 is 0 Å². The molecule has 0 unspecified atom stereocenters. The number of hydrogen-bond acceptors (Lipinski definition) is 4. The van der Waals surface area contributed by atoms with Gasteiger partial charge in [0.05, 0.1) is 0 Å². The molecule has 0 bridgehead atoms. The minimum Gasteiger partial charge on any atom is -0.396 e. The van der Waals surface area contributed by atoms with Crippen LogP contribution in [0.3, 0.4) is 0 Å². The van der Waals surface area contributed by atoms with Crippen molar-refractivity contribution in [1.29, 1.82) is 0 Å². The van der Waals surface area contributed by atoms with E-state index in [1.165, 1.54) is 73.6 Å². The molecule has 0 atom stereocenters. The zero-order valence-corrected chi connectivity index (χ0v) is 18.9. The Bertz CT molecular complexity index is 589. The van der Waals surface area contributed by atoms with Gasteiger partial charge in [0, 0.05) is 18.1 Å². The van der Waals surface area contributed by atoms with E-state index in [0.717, 1.165) is 30.8 Å². The molecule has 0 spiro atoms. The third kappa shape index (κ3) is 10.7. The van der Waals surface area contributed by atoms with Crippen LogP contribution in [0.2, 0.25) is 0 Å². The standard InChI is InChI=1S/C22H37N3OS2/c23-25-24-13-11-21-17-19(9-5-1-3-7-15-27)20(18-22(21)12-14-26)10-6-2-4-8-16-28/h17-18,26-28H,1-16H2. The number of azide groups is 1. The molecule has 1 rings (SSSR count). The van der Waals surface area contributed by atoms with Crippen molar-refractivity contribution in [2.45, 2.75) is 77.0 Å². The first-order valence-corrected chi connectivity index (χ1v) is 12.0. The van der Waals surface area contributed by atoms with Crippen LogP contribution in [0.1, 0.15) is 73.6 Å². The van der Waals surface area contributed by atoms with E-state index in [0.29, 0.717) is 13.0 Å². The van der Waals surface area contributed by atoms with Crippen LogP contribution < -0.4 is 0 Å². The van der Waals surface area contributed by atoms with Crippen molar-refractivity contribution in [3.8, 4) is 0 Å². The van der Waals surface area contributed by atoms with Gasteiger partial charge in [-0.25, -0.2) is 0 Å². The molecule has 0 saturated heterocycles. The summed E-state index contributed by atoms with van der Waals surface area (Å²) in [7, 11) is 0. The highest BCUT2D eigenvalue weighted by atomic mass is 32.1. The molecule has 28 heavy (non-hydrogen) atoms. The zero-order valence-electron chi connectivity index (χ0n) is 17.2. The predicted molar refractivity (Wildman–Crippen MR) is 127 cm³/mol. The van der Waals surface area contributed by atoms with Crippen LogP contribution in [0, 0.1) is 0 Å². The molecule has 0 aliphatic carbocycles. The van der Waals surface area contributed by atoms with Gasteiger partial charge in [-0.05, 0) is 90.7 Å². The lowest BCUT2D eigenvalue weighted by atomic mass is 9.90.